The highest BCUT2D eigenvalue weighted by Gasteiger charge is 2.18. The van der Waals surface area contributed by atoms with Crippen LogP contribution < -0.4 is 0 Å². The predicted octanol–water partition coefficient (Wildman–Crippen LogP) is 5.14. The molecule has 0 aliphatic carbocycles. The summed E-state index contributed by atoms with van der Waals surface area (Å²) >= 11 is 0. The van der Waals surface area contributed by atoms with E-state index in [0.717, 1.165) is 30.3 Å². The predicted molar refractivity (Wildman–Crippen MR) is 91.0 cm³/mol. The lowest BCUT2D eigenvalue weighted by atomic mass is 10.1. The number of hydrogen-bond donors (Lipinski definition) is 0. The molecule has 0 saturated heterocycles. The zero-order valence-corrected chi connectivity index (χ0v) is 14.7. The minimum absolute atomic E-state index is 0.0397. The van der Waals surface area contributed by atoms with E-state index in [-0.39, 0.29) is 35.6 Å². The molecule has 0 bridgehead atoms. The van der Waals surface area contributed by atoms with Gasteiger partial charge >= 0.3 is 5.97 Å². The molecule has 0 aliphatic heterocycles. The van der Waals surface area contributed by atoms with Crippen molar-refractivity contribution < 1.29 is 31.5 Å². The van der Waals surface area contributed by atoms with Gasteiger partial charge in [0.05, 0.1) is 18.2 Å². The number of halogens is 4. The maximum Gasteiger partial charge on any atom is 0.306 e. The van der Waals surface area contributed by atoms with Gasteiger partial charge in [-0.2, -0.15) is 0 Å². The second-order valence-corrected chi connectivity index (χ2v) is 6.04. The number of benzene rings is 2. The Labute approximate surface area is 157 Å². The number of aryl methyl sites for hydroxylation is 1. The Bertz CT molecular complexity index is 1000. The second-order valence-electron chi connectivity index (χ2n) is 6.04. The number of aromatic nitrogens is 1. The van der Waals surface area contributed by atoms with Crippen LogP contribution in [-0.4, -0.2) is 11.0 Å². The van der Waals surface area contributed by atoms with Gasteiger partial charge < -0.3 is 9.15 Å². The first kappa shape index (κ1) is 19.6. The van der Waals surface area contributed by atoms with E-state index >= 15 is 0 Å². The summed E-state index contributed by atoms with van der Waals surface area (Å²) in [5.74, 6) is -3.25. The molecule has 3 rings (SSSR count). The largest absolute Gasteiger partial charge is 0.458 e. The van der Waals surface area contributed by atoms with Crippen LogP contribution in [0.25, 0.3) is 11.3 Å². The van der Waals surface area contributed by atoms with Gasteiger partial charge in [0.2, 0.25) is 0 Å². The molecule has 1 aromatic heterocycles. The number of nitrogens with zero attached hydrogens (tertiary/aromatic N) is 1. The topological polar surface area (TPSA) is 52.3 Å². The lowest BCUT2D eigenvalue weighted by Crippen LogP contribution is -2.11. The van der Waals surface area contributed by atoms with Gasteiger partial charge in [0, 0.05) is 18.1 Å². The Kier molecular flexibility index (Phi) is 5.77. The fraction of sp³-hybridized carbons (Fsp3) is 0.200. The number of esters is 1. The summed E-state index contributed by atoms with van der Waals surface area (Å²) in [6.45, 7) is 1.43. The monoisotopic (exact) mass is 393 g/mol. The molecule has 0 N–H and O–H groups in total. The Morgan fingerprint density at radius 3 is 2.54 bits per heavy atom. The first-order valence-electron chi connectivity index (χ1n) is 8.38. The Hall–Kier alpha value is -3.16. The molecule has 0 spiro atoms. The first-order valence-corrected chi connectivity index (χ1v) is 8.38. The van der Waals surface area contributed by atoms with Crippen LogP contribution in [0.15, 0.2) is 47.0 Å². The first-order chi connectivity index (χ1) is 13.3. The second kappa shape index (κ2) is 8.24. The minimum Gasteiger partial charge on any atom is -0.458 e. The average molecular weight is 393 g/mol. The van der Waals surface area contributed by atoms with Crippen LogP contribution in [0.3, 0.4) is 0 Å². The molecule has 0 radical (unpaired) electrons. The zero-order chi connectivity index (χ0) is 20.3. The Morgan fingerprint density at radius 2 is 1.79 bits per heavy atom. The molecular weight excluding hydrogens is 378 g/mol. The SMILES string of the molecule is CC(OC(=O)CCc1ncc(-c2ccc(F)cc2F)o1)c1cc(F)ccc1F. The van der Waals surface area contributed by atoms with E-state index in [1.54, 1.807) is 0 Å². The number of carbonyl (C=O) groups is 1. The van der Waals surface area contributed by atoms with Crippen LogP contribution in [0.2, 0.25) is 0 Å². The highest BCUT2D eigenvalue weighted by molar-refractivity contribution is 5.70. The van der Waals surface area contributed by atoms with Crippen molar-refractivity contribution in [1.82, 2.24) is 4.98 Å². The Balaban J connectivity index is 1.59. The van der Waals surface area contributed by atoms with E-state index in [9.17, 15) is 22.4 Å². The van der Waals surface area contributed by atoms with Crippen molar-refractivity contribution in [3.8, 4) is 11.3 Å². The molecule has 0 saturated carbocycles. The van der Waals surface area contributed by atoms with E-state index in [1.165, 1.54) is 19.2 Å². The number of carbonyl (C=O) groups excluding carboxylic acids is 1. The van der Waals surface area contributed by atoms with E-state index in [4.69, 9.17) is 9.15 Å². The van der Waals surface area contributed by atoms with E-state index in [1.807, 2.05) is 0 Å². The van der Waals surface area contributed by atoms with Gasteiger partial charge in [0.15, 0.2) is 11.7 Å². The molecule has 0 aliphatic rings. The molecule has 4 nitrogen and oxygen atoms in total. The van der Waals surface area contributed by atoms with E-state index in [2.05, 4.69) is 4.98 Å². The minimum atomic E-state index is -0.975. The maximum absolute atomic E-state index is 13.8. The number of oxazole rings is 1. The van der Waals surface area contributed by atoms with Crippen molar-refractivity contribution in [2.24, 2.45) is 0 Å². The third kappa shape index (κ3) is 4.57. The van der Waals surface area contributed by atoms with Crippen LogP contribution in [0, 0.1) is 23.3 Å². The molecule has 1 unspecified atom stereocenters. The normalized spacial score (nSPS) is 12.0. The van der Waals surface area contributed by atoms with Gasteiger partial charge in [-0.05, 0) is 37.3 Å². The lowest BCUT2D eigenvalue weighted by molar-refractivity contribution is -0.148. The van der Waals surface area contributed by atoms with E-state index < -0.39 is 35.3 Å². The van der Waals surface area contributed by atoms with Gasteiger partial charge in [-0.3, -0.25) is 4.79 Å². The molecule has 1 atom stereocenters. The van der Waals surface area contributed by atoms with Gasteiger partial charge in [0.25, 0.3) is 0 Å². The third-order valence-corrected chi connectivity index (χ3v) is 4.00. The van der Waals surface area contributed by atoms with Crippen LogP contribution in [-0.2, 0) is 16.0 Å². The fourth-order valence-corrected chi connectivity index (χ4v) is 2.59. The molecule has 0 fully saturated rings. The fourth-order valence-electron chi connectivity index (χ4n) is 2.59. The highest BCUT2D eigenvalue weighted by Crippen LogP contribution is 2.25. The summed E-state index contributed by atoms with van der Waals surface area (Å²) in [7, 11) is 0. The molecule has 28 heavy (non-hydrogen) atoms. The quantitative estimate of drug-likeness (QED) is 0.430. The van der Waals surface area contributed by atoms with Crippen molar-refractivity contribution in [1.29, 1.82) is 0 Å². The van der Waals surface area contributed by atoms with Crippen LogP contribution in [0.5, 0.6) is 0 Å². The summed E-state index contributed by atoms with van der Waals surface area (Å²) in [5.41, 5.74) is -0.0310. The van der Waals surface area contributed by atoms with Crippen molar-refractivity contribution >= 4 is 5.97 Å². The summed E-state index contributed by atoms with van der Waals surface area (Å²) in [6.07, 6.45) is 0.214. The molecule has 0 amide bonds. The molecule has 1 heterocycles. The van der Waals surface area contributed by atoms with Gasteiger partial charge in [-0.15, -0.1) is 0 Å². The van der Waals surface area contributed by atoms with Crippen LogP contribution in [0.1, 0.15) is 30.9 Å². The highest BCUT2D eigenvalue weighted by atomic mass is 19.1. The third-order valence-electron chi connectivity index (χ3n) is 4.00. The van der Waals surface area contributed by atoms with E-state index in [0.29, 0.717) is 0 Å². The van der Waals surface area contributed by atoms with Crippen LogP contribution in [0.4, 0.5) is 17.6 Å². The molecular formula is C20H15F4NO3. The number of rotatable bonds is 6. The van der Waals surface area contributed by atoms with Crippen LogP contribution >= 0.6 is 0 Å². The zero-order valence-electron chi connectivity index (χ0n) is 14.7. The summed E-state index contributed by atoms with van der Waals surface area (Å²) in [5, 5.41) is 0. The van der Waals surface area contributed by atoms with Crippen molar-refractivity contribution in [2.45, 2.75) is 25.9 Å². The average Bonchev–Trinajstić information content (AvgIpc) is 3.10. The van der Waals surface area contributed by atoms with Crippen molar-refractivity contribution in [3.63, 3.8) is 0 Å². The Morgan fingerprint density at radius 1 is 1.07 bits per heavy atom. The van der Waals surface area contributed by atoms with Gasteiger partial charge in [-0.25, -0.2) is 22.5 Å². The molecule has 3 aromatic rings. The number of ether oxygens (including phenoxy) is 1. The van der Waals surface area contributed by atoms with Crippen molar-refractivity contribution in [2.75, 3.05) is 0 Å². The standard InChI is InChI=1S/C20H15F4NO3/c1-11(15-8-12(21)3-5-16(15)23)27-20(26)7-6-19-25-10-18(28-19)14-4-2-13(22)9-17(14)24/h2-5,8-11H,6-7H2,1H3. The summed E-state index contributed by atoms with van der Waals surface area (Å²) < 4.78 is 64.1. The maximum atomic E-state index is 13.8. The lowest BCUT2D eigenvalue weighted by Gasteiger charge is -2.14. The van der Waals surface area contributed by atoms with Gasteiger partial charge in [-0.1, -0.05) is 0 Å². The van der Waals surface area contributed by atoms with Gasteiger partial charge in [0.1, 0.15) is 29.4 Å². The number of hydrogen-bond acceptors (Lipinski definition) is 4. The van der Waals surface area contributed by atoms with Crippen molar-refractivity contribution in [3.05, 3.63) is 77.3 Å². The molecule has 8 heteroatoms. The molecule has 2 aromatic carbocycles. The molecule has 146 valence electrons. The summed E-state index contributed by atoms with van der Waals surface area (Å²) in [4.78, 5) is 15.9. The smallest absolute Gasteiger partial charge is 0.306 e. The summed E-state index contributed by atoms with van der Waals surface area (Å²) in [6, 6.07) is 5.92.